The Labute approximate surface area is 203 Å². The van der Waals surface area contributed by atoms with Gasteiger partial charge in [0.15, 0.2) is 5.96 Å². The lowest BCUT2D eigenvalue weighted by Gasteiger charge is -2.36. The van der Waals surface area contributed by atoms with Crippen LogP contribution in [-0.4, -0.2) is 99.2 Å². The first kappa shape index (κ1) is 24.5. The third-order valence-electron chi connectivity index (χ3n) is 6.83. The number of halogens is 2. The Kier molecular flexibility index (Phi) is 9.65. The van der Waals surface area contributed by atoms with Crippen molar-refractivity contribution in [1.82, 2.24) is 20.0 Å². The molecule has 1 unspecified atom stereocenters. The first-order valence-corrected chi connectivity index (χ1v) is 11.7. The fourth-order valence-electron chi connectivity index (χ4n) is 5.09. The Morgan fingerprint density at radius 3 is 2.52 bits per heavy atom. The summed E-state index contributed by atoms with van der Waals surface area (Å²) in [6, 6.07) is 7.81. The van der Waals surface area contributed by atoms with Crippen LogP contribution in [0.15, 0.2) is 29.3 Å². The summed E-state index contributed by atoms with van der Waals surface area (Å²) in [4.78, 5) is 14.3. The maximum atomic E-state index is 14.0. The number of piperazine rings is 1. The maximum absolute atomic E-state index is 14.0. The first-order chi connectivity index (χ1) is 14.7. The molecule has 0 saturated carbocycles. The number of aliphatic imine (C=N–C) groups is 1. The fourth-order valence-corrected chi connectivity index (χ4v) is 5.09. The van der Waals surface area contributed by atoms with Crippen LogP contribution in [0.5, 0.6) is 0 Å². The van der Waals surface area contributed by atoms with Gasteiger partial charge in [0.25, 0.3) is 0 Å². The summed E-state index contributed by atoms with van der Waals surface area (Å²) in [5.74, 6) is 0.941. The van der Waals surface area contributed by atoms with Crippen molar-refractivity contribution in [3.63, 3.8) is 0 Å². The number of rotatable bonds is 6. The Hall–Kier alpha value is -1.13. The SMILES string of the molecule is CN=C(NCCCN1CCN(c2ccccc2F)CC1)N1CCC(N2CCCC2)C1.I. The van der Waals surface area contributed by atoms with E-state index in [9.17, 15) is 4.39 Å². The average molecular weight is 545 g/mol. The molecule has 3 aliphatic rings. The number of guanidine groups is 1. The fraction of sp³-hybridized carbons (Fsp3) is 0.696. The van der Waals surface area contributed by atoms with Gasteiger partial charge in [-0.25, -0.2) is 4.39 Å². The molecule has 0 radical (unpaired) electrons. The maximum Gasteiger partial charge on any atom is 0.193 e. The molecule has 31 heavy (non-hydrogen) atoms. The molecule has 3 aliphatic heterocycles. The average Bonchev–Trinajstić information content (AvgIpc) is 3.47. The highest BCUT2D eigenvalue weighted by Crippen LogP contribution is 2.21. The van der Waals surface area contributed by atoms with E-state index in [4.69, 9.17) is 0 Å². The molecule has 0 aliphatic carbocycles. The van der Waals surface area contributed by atoms with Crippen LogP contribution >= 0.6 is 24.0 Å². The summed E-state index contributed by atoms with van der Waals surface area (Å²) in [6.07, 6.45) is 5.07. The van der Waals surface area contributed by atoms with Crippen molar-refractivity contribution in [2.75, 3.05) is 77.4 Å². The van der Waals surface area contributed by atoms with Gasteiger partial charge in [0.05, 0.1) is 5.69 Å². The van der Waals surface area contributed by atoms with Crippen molar-refractivity contribution in [3.8, 4) is 0 Å². The standard InChI is InChI=1S/C23H37FN6.HI/c1-25-23(30-14-9-20(19-30)28-12-4-5-13-28)26-10-6-11-27-15-17-29(18-16-27)22-8-3-2-7-21(22)24;/h2-3,7-8,20H,4-6,9-19H2,1H3,(H,25,26);1H. The molecule has 1 atom stereocenters. The Morgan fingerprint density at radius 1 is 1.06 bits per heavy atom. The monoisotopic (exact) mass is 544 g/mol. The Bertz CT molecular complexity index is 703. The van der Waals surface area contributed by atoms with Gasteiger partial charge in [-0.05, 0) is 57.5 Å². The van der Waals surface area contributed by atoms with E-state index < -0.39 is 0 Å². The molecular formula is C23H38FIN6. The van der Waals surface area contributed by atoms with E-state index in [0.717, 1.165) is 70.4 Å². The molecule has 0 bridgehead atoms. The van der Waals surface area contributed by atoms with Gasteiger partial charge in [0, 0.05) is 58.9 Å². The van der Waals surface area contributed by atoms with Gasteiger partial charge in [-0.3, -0.25) is 14.8 Å². The Morgan fingerprint density at radius 2 is 1.81 bits per heavy atom. The summed E-state index contributed by atoms with van der Waals surface area (Å²) < 4.78 is 14.0. The second-order valence-corrected chi connectivity index (χ2v) is 8.74. The zero-order valence-electron chi connectivity index (χ0n) is 18.8. The minimum atomic E-state index is -0.115. The lowest BCUT2D eigenvalue weighted by Crippen LogP contribution is -2.47. The highest BCUT2D eigenvalue weighted by atomic mass is 127. The number of likely N-dealkylation sites (tertiary alicyclic amines) is 2. The lowest BCUT2D eigenvalue weighted by molar-refractivity contribution is 0.248. The van der Waals surface area contributed by atoms with E-state index in [-0.39, 0.29) is 29.8 Å². The molecule has 1 aromatic carbocycles. The molecule has 174 valence electrons. The molecule has 8 heteroatoms. The predicted molar refractivity (Wildman–Crippen MR) is 137 cm³/mol. The van der Waals surface area contributed by atoms with Gasteiger partial charge < -0.3 is 15.1 Å². The number of anilines is 1. The molecule has 0 aromatic heterocycles. The molecule has 3 saturated heterocycles. The van der Waals surface area contributed by atoms with Crippen LogP contribution < -0.4 is 10.2 Å². The van der Waals surface area contributed by atoms with Gasteiger partial charge in [-0.1, -0.05) is 12.1 Å². The highest BCUT2D eigenvalue weighted by Gasteiger charge is 2.30. The van der Waals surface area contributed by atoms with E-state index in [0.29, 0.717) is 6.04 Å². The molecule has 0 amide bonds. The minimum absolute atomic E-state index is 0. The zero-order chi connectivity index (χ0) is 20.8. The molecule has 3 heterocycles. The largest absolute Gasteiger partial charge is 0.367 e. The van der Waals surface area contributed by atoms with E-state index in [1.54, 1.807) is 12.1 Å². The van der Waals surface area contributed by atoms with Crippen molar-refractivity contribution in [1.29, 1.82) is 0 Å². The van der Waals surface area contributed by atoms with Crippen LogP contribution in [0.25, 0.3) is 0 Å². The van der Waals surface area contributed by atoms with Crippen LogP contribution in [0.2, 0.25) is 0 Å². The van der Waals surface area contributed by atoms with Crippen LogP contribution in [-0.2, 0) is 0 Å². The van der Waals surface area contributed by atoms with Gasteiger partial charge in [0.1, 0.15) is 5.82 Å². The second kappa shape index (κ2) is 12.2. The number of para-hydroxylation sites is 1. The van der Waals surface area contributed by atoms with E-state index in [1.807, 2.05) is 19.2 Å². The van der Waals surface area contributed by atoms with E-state index in [2.05, 4.69) is 29.9 Å². The summed E-state index contributed by atoms with van der Waals surface area (Å²) in [7, 11) is 1.90. The van der Waals surface area contributed by atoms with Gasteiger partial charge in [0.2, 0.25) is 0 Å². The number of benzene rings is 1. The van der Waals surface area contributed by atoms with Gasteiger partial charge in [-0.15, -0.1) is 24.0 Å². The lowest BCUT2D eigenvalue weighted by atomic mass is 10.2. The molecule has 3 fully saturated rings. The van der Waals surface area contributed by atoms with Crippen molar-refractivity contribution in [3.05, 3.63) is 30.1 Å². The van der Waals surface area contributed by atoms with Crippen molar-refractivity contribution >= 4 is 35.6 Å². The Balaban J connectivity index is 0.00000272. The van der Waals surface area contributed by atoms with E-state index >= 15 is 0 Å². The van der Waals surface area contributed by atoms with Crippen LogP contribution in [0.4, 0.5) is 10.1 Å². The predicted octanol–water partition coefficient (Wildman–Crippen LogP) is 2.70. The van der Waals surface area contributed by atoms with Gasteiger partial charge >= 0.3 is 0 Å². The normalized spacial score (nSPS) is 23.3. The summed E-state index contributed by atoms with van der Waals surface area (Å²) >= 11 is 0. The minimum Gasteiger partial charge on any atom is -0.367 e. The smallest absolute Gasteiger partial charge is 0.193 e. The topological polar surface area (TPSA) is 37.4 Å². The molecule has 1 aromatic rings. The molecule has 1 N–H and O–H groups in total. The van der Waals surface area contributed by atoms with Crippen molar-refractivity contribution in [2.45, 2.75) is 31.7 Å². The highest BCUT2D eigenvalue weighted by molar-refractivity contribution is 14.0. The summed E-state index contributed by atoms with van der Waals surface area (Å²) in [5, 5.41) is 3.57. The molecular weight excluding hydrogens is 506 g/mol. The molecule has 4 rings (SSSR count). The number of nitrogens with zero attached hydrogens (tertiary/aromatic N) is 5. The third-order valence-corrected chi connectivity index (χ3v) is 6.83. The third kappa shape index (κ3) is 6.44. The molecule has 6 nitrogen and oxygen atoms in total. The van der Waals surface area contributed by atoms with E-state index in [1.165, 1.54) is 32.4 Å². The van der Waals surface area contributed by atoms with Crippen LogP contribution in [0.3, 0.4) is 0 Å². The van der Waals surface area contributed by atoms with Crippen LogP contribution in [0.1, 0.15) is 25.7 Å². The van der Waals surface area contributed by atoms with Crippen molar-refractivity contribution in [2.24, 2.45) is 4.99 Å². The number of nitrogens with one attached hydrogen (secondary N) is 1. The summed E-state index contributed by atoms with van der Waals surface area (Å²) in [6.45, 7) is 10.6. The first-order valence-electron chi connectivity index (χ1n) is 11.7. The zero-order valence-corrected chi connectivity index (χ0v) is 21.1. The quantitative estimate of drug-likeness (QED) is 0.258. The van der Waals surface area contributed by atoms with Gasteiger partial charge in [-0.2, -0.15) is 0 Å². The van der Waals surface area contributed by atoms with Crippen molar-refractivity contribution < 1.29 is 4.39 Å². The second-order valence-electron chi connectivity index (χ2n) is 8.74. The van der Waals surface area contributed by atoms with Crippen LogP contribution in [0, 0.1) is 5.82 Å². The molecule has 0 spiro atoms. The summed E-state index contributed by atoms with van der Waals surface area (Å²) in [5.41, 5.74) is 0.737. The number of hydrogen-bond acceptors (Lipinski definition) is 4. The number of hydrogen-bond donors (Lipinski definition) is 1.